The summed E-state index contributed by atoms with van der Waals surface area (Å²) in [4.78, 5) is 24.0. The quantitative estimate of drug-likeness (QED) is 0.287. The van der Waals surface area contributed by atoms with Crippen LogP contribution >= 0.6 is 0 Å². The van der Waals surface area contributed by atoms with Gasteiger partial charge in [0, 0.05) is 12.1 Å². The van der Waals surface area contributed by atoms with Gasteiger partial charge in [0.25, 0.3) is 0 Å². The zero-order valence-corrected chi connectivity index (χ0v) is 13.4. The Hall–Kier alpha value is -3.55. The Bertz CT molecular complexity index is 1230. The molecule has 27 heavy (non-hydrogen) atoms. The van der Waals surface area contributed by atoms with E-state index in [4.69, 9.17) is 13.6 Å². The van der Waals surface area contributed by atoms with E-state index in [1.807, 2.05) is 0 Å². The number of carbonyl (C=O) groups excluding carboxylic acids is 1. The third-order valence-electron chi connectivity index (χ3n) is 3.96. The molecular weight excluding hydrogens is 365 g/mol. The highest BCUT2D eigenvalue weighted by molar-refractivity contribution is 6.04. The second-order valence-electron chi connectivity index (χ2n) is 5.64. The Labute approximate surface area is 148 Å². The Kier molecular flexibility index (Phi) is 3.76. The van der Waals surface area contributed by atoms with E-state index in [1.165, 1.54) is 36.6 Å². The molecule has 0 saturated heterocycles. The van der Waals surface area contributed by atoms with Crippen molar-refractivity contribution in [1.82, 2.24) is 0 Å². The van der Waals surface area contributed by atoms with Gasteiger partial charge in [-0.05, 0) is 24.3 Å². The van der Waals surface area contributed by atoms with E-state index in [-0.39, 0.29) is 22.3 Å². The highest BCUT2D eigenvalue weighted by atomic mass is 19.4. The number of furan rings is 1. The molecular formula is C19H9F3O5. The number of carbonyl (C=O) groups is 1. The van der Waals surface area contributed by atoms with E-state index in [0.717, 1.165) is 18.2 Å². The number of rotatable bonds is 2. The van der Waals surface area contributed by atoms with Crippen LogP contribution < -0.4 is 10.4 Å². The predicted octanol–water partition coefficient (Wildman–Crippen LogP) is 4.78. The van der Waals surface area contributed by atoms with Crippen molar-refractivity contribution in [2.75, 3.05) is 0 Å². The minimum Gasteiger partial charge on any atom is -0.464 e. The van der Waals surface area contributed by atoms with Crippen LogP contribution in [0.2, 0.25) is 0 Å². The number of halogens is 3. The van der Waals surface area contributed by atoms with E-state index in [0.29, 0.717) is 5.39 Å². The van der Waals surface area contributed by atoms with Crippen molar-refractivity contribution in [1.29, 1.82) is 0 Å². The predicted molar refractivity (Wildman–Crippen MR) is 88.7 cm³/mol. The molecule has 0 atom stereocenters. The molecule has 2 heterocycles. The maximum Gasteiger partial charge on any atom is 0.417 e. The molecule has 136 valence electrons. The van der Waals surface area contributed by atoms with Crippen LogP contribution in [0.4, 0.5) is 13.2 Å². The minimum atomic E-state index is -4.72. The van der Waals surface area contributed by atoms with Crippen LogP contribution in [0.25, 0.3) is 21.9 Å². The first-order valence-corrected chi connectivity index (χ1v) is 7.67. The van der Waals surface area contributed by atoms with Crippen molar-refractivity contribution in [2.45, 2.75) is 6.18 Å². The van der Waals surface area contributed by atoms with E-state index in [1.54, 1.807) is 0 Å². The standard InChI is InChI=1S/C19H9F3O5/c20-19(21,22)13-4-2-1-3-10(13)18(24)27-17-11-5-6-16(23)26-15(11)9-14-12(17)7-8-25-14/h1-9H. The van der Waals surface area contributed by atoms with Gasteiger partial charge in [-0.15, -0.1) is 0 Å². The third-order valence-corrected chi connectivity index (χ3v) is 3.96. The third kappa shape index (κ3) is 2.95. The van der Waals surface area contributed by atoms with Gasteiger partial charge in [0.1, 0.15) is 11.2 Å². The first kappa shape index (κ1) is 16.9. The fourth-order valence-corrected chi connectivity index (χ4v) is 2.78. The molecule has 2 aromatic heterocycles. The zero-order valence-electron chi connectivity index (χ0n) is 13.4. The second kappa shape index (κ2) is 6.01. The highest BCUT2D eigenvalue weighted by Gasteiger charge is 2.35. The average molecular weight is 374 g/mol. The lowest BCUT2D eigenvalue weighted by molar-refractivity contribution is -0.138. The number of hydrogen-bond donors (Lipinski definition) is 0. The van der Waals surface area contributed by atoms with Crippen LogP contribution in [-0.2, 0) is 6.18 Å². The fraction of sp³-hybridized carbons (Fsp3) is 0.0526. The monoisotopic (exact) mass is 374 g/mol. The van der Waals surface area contributed by atoms with Crippen LogP contribution in [0.1, 0.15) is 15.9 Å². The number of fused-ring (bicyclic) bond motifs is 2. The largest absolute Gasteiger partial charge is 0.464 e. The van der Waals surface area contributed by atoms with Crippen LogP contribution in [0, 0.1) is 0 Å². The molecule has 5 nitrogen and oxygen atoms in total. The molecule has 4 rings (SSSR count). The summed E-state index contributed by atoms with van der Waals surface area (Å²) in [7, 11) is 0. The summed E-state index contributed by atoms with van der Waals surface area (Å²) in [6.07, 6.45) is -3.39. The van der Waals surface area contributed by atoms with E-state index in [9.17, 15) is 22.8 Å². The first-order chi connectivity index (χ1) is 12.8. The van der Waals surface area contributed by atoms with Gasteiger partial charge in [0.05, 0.1) is 28.2 Å². The first-order valence-electron chi connectivity index (χ1n) is 7.67. The molecule has 0 N–H and O–H groups in total. The highest BCUT2D eigenvalue weighted by Crippen LogP contribution is 2.37. The molecule has 0 aliphatic carbocycles. The van der Waals surface area contributed by atoms with Gasteiger partial charge in [0.15, 0.2) is 5.75 Å². The summed E-state index contributed by atoms with van der Waals surface area (Å²) in [5, 5.41) is 0.607. The summed E-state index contributed by atoms with van der Waals surface area (Å²) in [5.41, 5.74) is -2.03. The summed E-state index contributed by atoms with van der Waals surface area (Å²) < 4.78 is 55.1. The van der Waals surface area contributed by atoms with Crippen LogP contribution in [0.3, 0.4) is 0 Å². The van der Waals surface area contributed by atoms with E-state index in [2.05, 4.69) is 0 Å². The number of benzene rings is 2. The van der Waals surface area contributed by atoms with Gasteiger partial charge in [0.2, 0.25) is 0 Å². The average Bonchev–Trinajstić information content (AvgIpc) is 3.08. The fourth-order valence-electron chi connectivity index (χ4n) is 2.78. The topological polar surface area (TPSA) is 69.7 Å². The van der Waals surface area contributed by atoms with Gasteiger partial charge in [-0.2, -0.15) is 13.2 Å². The van der Waals surface area contributed by atoms with Gasteiger partial charge < -0.3 is 13.6 Å². The molecule has 4 aromatic rings. The van der Waals surface area contributed by atoms with Crippen molar-refractivity contribution in [3.8, 4) is 5.75 Å². The molecule has 0 aliphatic rings. The van der Waals surface area contributed by atoms with Gasteiger partial charge >= 0.3 is 17.8 Å². The van der Waals surface area contributed by atoms with Gasteiger partial charge in [-0.25, -0.2) is 9.59 Å². The lowest BCUT2D eigenvalue weighted by atomic mass is 10.1. The molecule has 0 spiro atoms. The van der Waals surface area contributed by atoms with Gasteiger partial charge in [-0.1, -0.05) is 12.1 Å². The van der Waals surface area contributed by atoms with E-state index < -0.39 is 28.9 Å². The van der Waals surface area contributed by atoms with Crippen LogP contribution in [0.5, 0.6) is 5.75 Å². The van der Waals surface area contributed by atoms with Crippen LogP contribution in [0.15, 0.2) is 68.4 Å². The number of ether oxygens (including phenoxy) is 1. The lowest BCUT2D eigenvalue weighted by Gasteiger charge is -2.13. The van der Waals surface area contributed by atoms with Crippen molar-refractivity contribution < 1.29 is 31.5 Å². The second-order valence-corrected chi connectivity index (χ2v) is 5.64. The Balaban J connectivity index is 1.88. The lowest BCUT2D eigenvalue weighted by Crippen LogP contribution is -2.17. The molecule has 0 unspecified atom stereocenters. The normalized spacial score (nSPS) is 11.8. The van der Waals surface area contributed by atoms with Crippen molar-refractivity contribution in [2.24, 2.45) is 0 Å². The molecule has 0 radical (unpaired) electrons. The Morgan fingerprint density at radius 2 is 1.70 bits per heavy atom. The Morgan fingerprint density at radius 1 is 0.963 bits per heavy atom. The van der Waals surface area contributed by atoms with E-state index >= 15 is 0 Å². The molecule has 0 saturated carbocycles. The van der Waals surface area contributed by atoms with Crippen molar-refractivity contribution >= 4 is 27.9 Å². The van der Waals surface area contributed by atoms with Crippen molar-refractivity contribution in [3.05, 3.63) is 76.3 Å². The van der Waals surface area contributed by atoms with Crippen molar-refractivity contribution in [3.63, 3.8) is 0 Å². The van der Waals surface area contributed by atoms with Crippen LogP contribution in [-0.4, -0.2) is 5.97 Å². The smallest absolute Gasteiger partial charge is 0.417 e. The summed E-state index contributed by atoms with van der Waals surface area (Å²) in [6, 6.07) is 9.74. The molecule has 0 fully saturated rings. The number of esters is 1. The molecule has 2 aromatic carbocycles. The molecule has 0 amide bonds. The number of alkyl halides is 3. The number of hydrogen-bond acceptors (Lipinski definition) is 5. The minimum absolute atomic E-state index is 0.0537. The summed E-state index contributed by atoms with van der Waals surface area (Å²) in [5.74, 6) is -1.24. The molecule has 0 bridgehead atoms. The van der Waals surface area contributed by atoms with Gasteiger partial charge in [-0.3, -0.25) is 0 Å². The maximum absolute atomic E-state index is 13.2. The zero-order chi connectivity index (χ0) is 19.2. The summed E-state index contributed by atoms with van der Waals surface area (Å²) >= 11 is 0. The summed E-state index contributed by atoms with van der Waals surface area (Å²) in [6.45, 7) is 0. The SMILES string of the molecule is O=C(Oc1c2ccoc2cc2oc(=O)ccc12)c1ccccc1C(F)(F)F. The molecule has 8 heteroatoms. The Morgan fingerprint density at radius 3 is 2.48 bits per heavy atom. The molecule has 0 aliphatic heterocycles. The maximum atomic E-state index is 13.2.